The van der Waals surface area contributed by atoms with Crippen LogP contribution in [-0.4, -0.2) is 12.6 Å². The summed E-state index contributed by atoms with van der Waals surface area (Å²) in [5.41, 5.74) is 7.02. The standard InChI is InChI=1S/C13H20ClNO/c1-3-4-9-16-13(10(2)15)11-5-7-12(14)8-6-11/h5-8,10,13H,3-4,9,15H2,1-2H3. The molecule has 2 unspecified atom stereocenters. The molecular formula is C13H20ClNO. The van der Waals surface area contributed by atoms with Gasteiger partial charge in [-0.3, -0.25) is 0 Å². The van der Waals surface area contributed by atoms with E-state index in [1.165, 1.54) is 0 Å². The first-order valence-corrected chi connectivity index (χ1v) is 6.15. The summed E-state index contributed by atoms with van der Waals surface area (Å²) in [6, 6.07) is 7.67. The molecule has 1 aromatic rings. The van der Waals surface area contributed by atoms with Gasteiger partial charge in [0, 0.05) is 17.7 Å². The second-order valence-corrected chi connectivity index (χ2v) is 4.49. The lowest BCUT2D eigenvalue weighted by molar-refractivity contribution is 0.0366. The first-order valence-electron chi connectivity index (χ1n) is 5.77. The maximum Gasteiger partial charge on any atom is 0.0972 e. The monoisotopic (exact) mass is 241 g/mol. The van der Waals surface area contributed by atoms with Crippen molar-refractivity contribution in [3.05, 3.63) is 34.9 Å². The molecule has 2 atom stereocenters. The van der Waals surface area contributed by atoms with Crippen LogP contribution in [0.5, 0.6) is 0 Å². The van der Waals surface area contributed by atoms with Gasteiger partial charge in [-0.25, -0.2) is 0 Å². The highest BCUT2D eigenvalue weighted by Crippen LogP contribution is 2.22. The summed E-state index contributed by atoms with van der Waals surface area (Å²) >= 11 is 5.85. The van der Waals surface area contributed by atoms with Crippen molar-refractivity contribution in [1.29, 1.82) is 0 Å². The van der Waals surface area contributed by atoms with E-state index in [2.05, 4.69) is 6.92 Å². The molecule has 0 spiro atoms. The Hall–Kier alpha value is -0.570. The van der Waals surface area contributed by atoms with E-state index >= 15 is 0 Å². The van der Waals surface area contributed by atoms with E-state index in [9.17, 15) is 0 Å². The molecule has 2 N–H and O–H groups in total. The normalized spacial score (nSPS) is 14.8. The molecule has 16 heavy (non-hydrogen) atoms. The van der Waals surface area contributed by atoms with Crippen molar-refractivity contribution in [2.75, 3.05) is 6.61 Å². The predicted molar refractivity (Wildman–Crippen MR) is 68.7 cm³/mol. The molecule has 0 aliphatic rings. The van der Waals surface area contributed by atoms with Crippen molar-refractivity contribution in [1.82, 2.24) is 0 Å². The van der Waals surface area contributed by atoms with E-state index in [1.54, 1.807) is 0 Å². The molecule has 0 aliphatic carbocycles. The maximum atomic E-state index is 5.93. The van der Waals surface area contributed by atoms with E-state index in [4.69, 9.17) is 22.1 Å². The quantitative estimate of drug-likeness (QED) is 0.774. The van der Waals surface area contributed by atoms with Gasteiger partial charge in [-0.1, -0.05) is 37.1 Å². The number of hydrogen-bond donors (Lipinski definition) is 1. The number of hydrogen-bond acceptors (Lipinski definition) is 2. The van der Waals surface area contributed by atoms with Crippen LogP contribution in [0.4, 0.5) is 0 Å². The lowest BCUT2D eigenvalue weighted by Gasteiger charge is -2.22. The third-order valence-electron chi connectivity index (χ3n) is 2.47. The van der Waals surface area contributed by atoms with Gasteiger partial charge in [-0.15, -0.1) is 0 Å². The molecule has 90 valence electrons. The van der Waals surface area contributed by atoms with Crippen LogP contribution in [0.2, 0.25) is 5.02 Å². The van der Waals surface area contributed by atoms with E-state index in [0.29, 0.717) is 0 Å². The summed E-state index contributed by atoms with van der Waals surface area (Å²) in [7, 11) is 0. The predicted octanol–water partition coefficient (Wildman–Crippen LogP) is 3.55. The zero-order chi connectivity index (χ0) is 12.0. The number of halogens is 1. The van der Waals surface area contributed by atoms with Crippen LogP contribution in [0.3, 0.4) is 0 Å². The Morgan fingerprint density at radius 3 is 2.44 bits per heavy atom. The van der Waals surface area contributed by atoms with Crippen molar-refractivity contribution in [2.24, 2.45) is 5.73 Å². The van der Waals surface area contributed by atoms with Gasteiger partial charge in [0.2, 0.25) is 0 Å². The summed E-state index contributed by atoms with van der Waals surface area (Å²) < 4.78 is 5.80. The minimum Gasteiger partial charge on any atom is -0.372 e. The highest BCUT2D eigenvalue weighted by Gasteiger charge is 2.16. The molecule has 2 nitrogen and oxygen atoms in total. The van der Waals surface area contributed by atoms with Crippen LogP contribution in [-0.2, 0) is 4.74 Å². The van der Waals surface area contributed by atoms with Gasteiger partial charge in [0.1, 0.15) is 0 Å². The van der Waals surface area contributed by atoms with Crippen LogP contribution in [0.25, 0.3) is 0 Å². The zero-order valence-corrected chi connectivity index (χ0v) is 10.7. The molecule has 1 rings (SSSR count). The molecule has 0 amide bonds. The maximum absolute atomic E-state index is 5.93. The Kier molecular flexibility index (Phi) is 5.81. The number of nitrogens with two attached hydrogens (primary N) is 1. The topological polar surface area (TPSA) is 35.2 Å². The molecule has 0 heterocycles. The minimum atomic E-state index is -0.0381. The minimum absolute atomic E-state index is 0.0157. The summed E-state index contributed by atoms with van der Waals surface area (Å²) in [6.45, 7) is 4.86. The van der Waals surface area contributed by atoms with E-state index in [-0.39, 0.29) is 12.1 Å². The summed E-state index contributed by atoms with van der Waals surface area (Å²) in [6.07, 6.45) is 2.16. The van der Waals surface area contributed by atoms with E-state index < -0.39 is 0 Å². The fourth-order valence-electron chi connectivity index (χ4n) is 1.56. The molecule has 1 aromatic carbocycles. The van der Waals surface area contributed by atoms with Gasteiger partial charge < -0.3 is 10.5 Å². The molecule has 0 radical (unpaired) electrons. The van der Waals surface area contributed by atoms with Gasteiger partial charge in [0.15, 0.2) is 0 Å². The van der Waals surface area contributed by atoms with E-state index in [0.717, 1.165) is 30.0 Å². The summed E-state index contributed by atoms with van der Waals surface area (Å²) in [5.74, 6) is 0. The fraction of sp³-hybridized carbons (Fsp3) is 0.538. The molecule has 0 fully saturated rings. The fourth-order valence-corrected chi connectivity index (χ4v) is 1.68. The largest absolute Gasteiger partial charge is 0.372 e. The molecule has 0 bridgehead atoms. The molecule has 0 saturated heterocycles. The van der Waals surface area contributed by atoms with Crippen LogP contribution >= 0.6 is 11.6 Å². The van der Waals surface area contributed by atoms with E-state index in [1.807, 2.05) is 31.2 Å². The first-order chi connectivity index (χ1) is 7.65. The highest BCUT2D eigenvalue weighted by molar-refractivity contribution is 6.30. The van der Waals surface area contributed by atoms with Crippen molar-refractivity contribution >= 4 is 11.6 Å². The summed E-state index contributed by atoms with van der Waals surface area (Å²) in [5, 5.41) is 0.737. The lowest BCUT2D eigenvalue weighted by atomic mass is 10.0. The first kappa shape index (κ1) is 13.5. The molecular weight excluding hydrogens is 222 g/mol. The van der Waals surface area contributed by atoms with Crippen molar-refractivity contribution in [3.63, 3.8) is 0 Å². The Bertz CT molecular complexity index is 297. The van der Waals surface area contributed by atoms with Crippen LogP contribution < -0.4 is 5.73 Å². The second kappa shape index (κ2) is 6.89. The van der Waals surface area contributed by atoms with Crippen molar-refractivity contribution in [2.45, 2.75) is 38.8 Å². The number of unbranched alkanes of at least 4 members (excludes halogenated alkanes) is 1. The van der Waals surface area contributed by atoms with Crippen molar-refractivity contribution in [3.8, 4) is 0 Å². The molecule has 3 heteroatoms. The lowest BCUT2D eigenvalue weighted by Crippen LogP contribution is -2.27. The van der Waals surface area contributed by atoms with Crippen LogP contribution in [0, 0.1) is 0 Å². The van der Waals surface area contributed by atoms with Gasteiger partial charge in [-0.2, -0.15) is 0 Å². The Morgan fingerprint density at radius 2 is 1.94 bits per heavy atom. The van der Waals surface area contributed by atoms with Crippen LogP contribution in [0.15, 0.2) is 24.3 Å². The summed E-state index contributed by atoms with van der Waals surface area (Å²) in [4.78, 5) is 0. The van der Waals surface area contributed by atoms with Gasteiger partial charge >= 0.3 is 0 Å². The molecule has 0 aliphatic heterocycles. The molecule has 0 aromatic heterocycles. The number of ether oxygens (including phenoxy) is 1. The number of rotatable bonds is 6. The average Bonchev–Trinajstić information content (AvgIpc) is 2.26. The third-order valence-corrected chi connectivity index (χ3v) is 2.72. The van der Waals surface area contributed by atoms with Crippen molar-refractivity contribution < 1.29 is 4.74 Å². The van der Waals surface area contributed by atoms with Gasteiger partial charge in [0.05, 0.1) is 6.10 Å². The third kappa shape index (κ3) is 4.12. The average molecular weight is 242 g/mol. The highest BCUT2D eigenvalue weighted by atomic mass is 35.5. The second-order valence-electron chi connectivity index (χ2n) is 4.06. The molecule has 0 saturated carbocycles. The Balaban J connectivity index is 2.65. The van der Waals surface area contributed by atoms with Crippen LogP contribution in [0.1, 0.15) is 38.4 Å². The number of benzene rings is 1. The zero-order valence-electron chi connectivity index (χ0n) is 9.95. The van der Waals surface area contributed by atoms with Gasteiger partial charge in [0.25, 0.3) is 0 Å². The van der Waals surface area contributed by atoms with Gasteiger partial charge in [-0.05, 0) is 31.0 Å². The Morgan fingerprint density at radius 1 is 1.31 bits per heavy atom. The SMILES string of the molecule is CCCCOC(c1ccc(Cl)cc1)C(C)N. The smallest absolute Gasteiger partial charge is 0.0972 e. The Labute approximate surface area is 103 Å².